The Kier molecular flexibility index (Phi) is 20.1. The van der Waals surface area contributed by atoms with Crippen molar-refractivity contribution in [2.45, 2.75) is 135 Å². The molecule has 32 heavy (non-hydrogen) atoms. The van der Waals surface area contributed by atoms with Crippen LogP contribution < -0.4 is 0 Å². The second kappa shape index (κ2) is 20.2. The minimum Gasteiger partial charge on any atom is -0.320 e. The van der Waals surface area contributed by atoms with Crippen LogP contribution in [0.4, 0.5) is 0 Å². The highest BCUT2D eigenvalue weighted by molar-refractivity contribution is 7.53. The molecule has 0 aliphatic heterocycles. The van der Waals surface area contributed by atoms with Crippen LogP contribution in [-0.4, -0.2) is 42.9 Å². The van der Waals surface area contributed by atoms with E-state index in [-0.39, 0.29) is 5.78 Å². The van der Waals surface area contributed by atoms with Crippen LogP contribution in [0.5, 0.6) is 0 Å². The molecule has 0 radical (unpaired) electrons. The fraction of sp³-hybridized carbons (Fsp3) is 0.926. The molecule has 192 valence electrons. The Morgan fingerprint density at radius 1 is 0.719 bits per heavy atom. The zero-order valence-corrected chi connectivity index (χ0v) is 23.2. The van der Waals surface area contributed by atoms with Crippen molar-refractivity contribution in [2.24, 2.45) is 0 Å². The van der Waals surface area contributed by atoms with Crippen molar-refractivity contribution in [1.29, 1.82) is 0 Å². The summed E-state index contributed by atoms with van der Waals surface area (Å²) in [4.78, 5) is 10.3. The Balaban J connectivity index is 3.46. The van der Waals surface area contributed by atoms with E-state index in [1.165, 1.54) is 96.3 Å². The number of rotatable bonds is 23. The van der Waals surface area contributed by atoms with Crippen LogP contribution in [0.1, 0.15) is 129 Å². The van der Waals surface area contributed by atoms with Crippen molar-refractivity contribution in [3.63, 3.8) is 0 Å². The molecular formula is C27H57NO3P+. The van der Waals surface area contributed by atoms with E-state index in [4.69, 9.17) is 4.52 Å². The van der Waals surface area contributed by atoms with Gasteiger partial charge in [0, 0.05) is 6.42 Å². The third-order valence-corrected chi connectivity index (χ3v) is 8.68. The number of nitrogens with zero attached hydrogens (tertiary/aromatic N) is 1. The quantitative estimate of drug-likeness (QED) is 0.0696. The van der Waals surface area contributed by atoms with Crippen LogP contribution in [0.3, 0.4) is 0 Å². The molecule has 0 saturated carbocycles. The highest BCUT2D eigenvalue weighted by Crippen LogP contribution is 2.51. The lowest BCUT2D eigenvalue weighted by molar-refractivity contribution is -0.883. The average Bonchev–Trinajstić information content (AvgIpc) is 2.71. The topological polar surface area (TPSA) is 46.5 Å². The van der Waals surface area contributed by atoms with Crippen LogP contribution in [0.2, 0.25) is 0 Å². The second-order valence-corrected chi connectivity index (χ2v) is 12.4. The van der Waals surface area contributed by atoms with Crippen LogP contribution in [-0.2, 0) is 9.09 Å². The van der Waals surface area contributed by atoms with Gasteiger partial charge in [0.05, 0.1) is 27.7 Å². The normalized spacial score (nSPS) is 15.3. The molecule has 2 atom stereocenters. The van der Waals surface area contributed by atoms with Crippen LogP contribution in [0.15, 0.2) is 12.2 Å². The number of quaternary nitrogens is 1. The molecule has 0 aromatic rings. The van der Waals surface area contributed by atoms with E-state index >= 15 is 0 Å². The van der Waals surface area contributed by atoms with Gasteiger partial charge >= 0.3 is 7.60 Å². The number of hydrogen-bond acceptors (Lipinski definition) is 2. The maximum Gasteiger partial charge on any atom is 0.385 e. The van der Waals surface area contributed by atoms with Gasteiger partial charge in [-0.3, -0.25) is 4.57 Å². The zero-order chi connectivity index (χ0) is 24.1. The van der Waals surface area contributed by atoms with E-state index in [2.05, 4.69) is 19.1 Å². The number of unbranched alkanes of at least 4 members (excludes halogenated alkanes) is 15. The first kappa shape index (κ1) is 31.9. The van der Waals surface area contributed by atoms with Gasteiger partial charge in [-0.1, -0.05) is 103 Å². The molecule has 5 heteroatoms. The summed E-state index contributed by atoms with van der Waals surface area (Å²) >= 11 is 0. The maximum absolute atomic E-state index is 12.5. The fourth-order valence-corrected chi connectivity index (χ4v) is 6.28. The largest absolute Gasteiger partial charge is 0.385 e. The van der Waals surface area contributed by atoms with Gasteiger partial charge in [0.25, 0.3) is 0 Å². The summed E-state index contributed by atoms with van der Waals surface area (Å²) in [6, 6.07) is 0. The molecular weight excluding hydrogens is 417 g/mol. The third-order valence-electron chi connectivity index (χ3n) is 6.32. The lowest BCUT2D eigenvalue weighted by atomic mass is 10.1. The Morgan fingerprint density at radius 3 is 1.53 bits per heavy atom. The molecule has 1 N–H and O–H groups in total. The van der Waals surface area contributed by atoms with Crippen LogP contribution >= 0.6 is 7.60 Å². The Hall–Kier alpha value is -0.150. The summed E-state index contributed by atoms with van der Waals surface area (Å²) in [6.07, 6.45) is 27.4. The Labute approximate surface area is 201 Å². The molecule has 0 aliphatic carbocycles. The lowest BCUT2D eigenvalue weighted by Gasteiger charge is -2.35. The SMILES string of the molecule is CCCCCCCCCCCC=CCCCCCCCCOP(=O)(O)C(CC)[N+](C)(C)C. The Morgan fingerprint density at radius 2 is 1.12 bits per heavy atom. The maximum atomic E-state index is 12.5. The molecule has 0 fully saturated rings. The number of allylic oxidation sites excluding steroid dienone is 2. The molecule has 0 bridgehead atoms. The molecule has 2 unspecified atom stereocenters. The van der Waals surface area contributed by atoms with E-state index < -0.39 is 7.60 Å². The van der Waals surface area contributed by atoms with Gasteiger partial charge in [-0.15, -0.1) is 0 Å². The van der Waals surface area contributed by atoms with Gasteiger partial charge in [0.15, 0.2) is 5.78 Å². The highest BCUT2D eigenvalue weighted by Gasteiger charge is 2.41. The van der Waals surface area contributed by atoms with Crippen molar-refractivity contribution in [3.8, 4) is 0 Å². The smallest absolute Gasteiger partial charge is 0.320 e. The first-order chi connectivity index (χ1) is 15.3. The van der Waals surface area contributed by atoms with Crippen molar-refractivity contribution in [2.75, 3.05) is 27.7 Å². The van der Waals surface area contributed by atoms with Gasteiger partial charge in [0.1, 0.15) is 0 Å². The molecule has 0 rings (SSSR count). The number of hydrogen-bond donors (Lipinski definition) is 1. The van der Waals surface area contributed by atoms with E-state index in [1.54, 1.807) is 0 Å². The van der Waals surface area contributed by atoms with Crippen molar-refractivity contribution in [1.82, 2.24) is 0 Å². The minimum absolute atomic E-state index is 0.351. The van der Waals surface area contributed by atoms with Gasteiger partial charge < -0.3 is 13.9 Å². The summed E-state index contributed by atoms with van der Waals surface area (Å²) in [6.45, 7) is 4.63. The van der Waals surface area contributed by atoms with E-state index in [0.717, 1.165) is 12.8 Å². The molecule has 0 spiro atoms. The average molecular weight is 475 g/mol. The monoisotopic (exact) mass is 474 g/mol. The molecule has 0 aromatic heterocycles. The van der Waals surface area contributed by atoms with Crippen molar-refractivity contribution >= 4 is 7.60 Å². The first-order valence-electron chi connectivity index (χ1n) is 13.7. The molecule has 0 aliphatic rings. The van der Waals surface area contributed by atoms with Crippen LogP contribution in [0, 0.1) is 0 Å². The third kappa shape index (κ3) is 18.3. The minimum atomic E-state index is -3.55. The molecule has 0 aromatic carbocycles. The predicted molar refractivity (Wildman–Crippen MR) is 141 cm³/mol. The first-order valence-corrected chi connectivity index (χ1v) is 15.3. The second-order valence-electron chi connectivity index (χ2n) is 10.4. The zero-order valence-electron chi connectivity index (χ0n) is 22.3. The summed E-state index contributed by atoms with van der Waals surface area (Å²) in [5.74, 6) is -0.351. The van der Waals surface area contributed by atoms with Gasteiger partial charge in [0.2, 0.25) is 0 Å². The molecule has 4 nitrogen and oxygen atoms in total. The van der Waals surface area contributed by atoms with E-state index in [1.807, 2.05) is 28.1 Å². The standard InChI is InChI=1S/C27H56NO3P/c1-6-8-9-10-11-12-13-14-15-16-17-18-19-20-21-22-23-24-25-26-31-32(29,30)27(7-2)28(3,4)5/h17-18,27H,6-16,19-26H2,1-5H3/p+1. The van der Waals surface area contributed by atoms with Crippen LogP contribution in [0.25, 0.3) is 0 Å². The molecule has 0 heterocycles. The fourth-order valence-electron chi connectivity index (χ4n) is 4.38. The summed E-state index contributed by atoms with van der Waals surface area (Å²) in [5.41, 5.74) is 0. The van der Waals surface area contributed by atoms with Gasteiger partial charge in [-0.25, -0.2) is 0 Å². The van der Waals surface area contributed by atoms with Crippen molar-refractivity contribution in [3.05, 3.63) is 12.2 Å². The lowest BCUT2D eigenvalue weighted by Crippen LogP contribution is -2.44. The van der Waals surface area contributed by atoms with Gasteiger partial charge in [-0.05, 0) is 32.1 Å². The van der Waals surface area contributed by atoms with Crippen molar-refractivity contribution < 1.29 is 18.5 Å². The Bertz CT molecular complexity index is 488. The van der Waals surface area contributed by atoms with Gasteiger partial charge in [-0.2, -0.15) is 0 Å². The summed E-state index contributed by atoms with van der Waals surface area (Å²) in [5, 5.41) is 0. The summed E-state index contributed by atoms with van der Waals surface area (Å²) < 4.78 is 18.4. The molecule has 0 saturated heterocycles. The summed E-state index contributed by atoms with van der Waals surface area (Å²) in [7, 11) is 2.30. The predicted octanol–water partition coefficient (Wildman–Crippen LogP) is 8.84. The highest BCUT2D eigenvalue weighted by atomic mass is 31.2. The molecule has 0 amide bonds. The van der Waals surface area contributed by atoms with E-state index in [0.29, 0.717) is 17.5 Å². The van der Waals surface area contributed by atoms with E-state index in [9.17, 15) is 9.46 Å².